The van der Waals surface area contributed by atoms with Gasteiger partial charge in [0.25, 0.3) is 0 Å². The van der Waals surface area contributed by atoms with Crippen molar-refractivity contribution in [2.75, 3.05) is 30.9 Å². The second-order valence-electron chi connectivity index (χ2n) is 9.13. The average molecular weight is 545 g/mol. The molecule has 0 unspecified atom stereocenters. The summed E-state index contributed by atoms with van der Waals surface area (Å²) in [6.07, 6.45) is 0.787. The summed E-state index contributed by atoms with van der Waals surface area (Å²) in [7, 11) is 1.60. The number of hydrogen-bond donors (Lipinski definition) is 1. The fraction of sp³-hybridized carbons (Fsp3) is 0.233. The van der Waals surface area contributed by atoms with Crippen LogP contribution in [0.15, 0.2) is 78.9 Å². The number of carbonyl (C=O) groups excluding carboxylic acids is 2. The summed E-state index contributed by atoms with van der Waals surface area (Å²) >= 11 is 1.45. The number of hydrogen-bond acceptors (Lipinski definition) is 5. The van der Waals surface area contributed by atoms with Crippen LogP contribution in [0.3, 0.4) is 0 Å². The zero-order valence-electron chi connectivity index (χ0n) is 21.8. The molecule has 4 aromatic rings. The molecule has 1 aliphatic heterocycles. The quantitative estimate of drug-likeness (QED) is 0.322. The molecule has 0 fully saturated rings. The molecule has 5 rings (SSSR count). The van der Waals surface area contributed by atoms with Crippen molar-refractivity contribution >= 4 is 29.4 Å². The van der Waals surface area contributed by atoms with Gasteiger partial charge in [-0.3, -0.25) is 14.5 Å². The molecule has 0 aliphatic carbocycles. The molecule has 9 heteroatoms. The van der Waals surface area contributed by atoms with Gasteiger partial charge < -0.3 is 10.1 Å². The average Bonchev–Trinajstić information content (AvgIpc) is 3.29. The standard InChI is InChI=1S/C30H29FN4O3S/c1-3-17-32-25(36)18-34-26(37)19-39-29(21-9-11-22(31)12-10-21)27-28(20-7-5-4-6-8-20)33-35(30(27)34)23-13-15-24(38-2)16-14-23/h4-16,29H,3,17-19H2,1-2H3,(H,32,36)/t29-/m0/s1. The number of rotatable bonds is 8. The van der Waals surface area contributed by atoms with Gasteiger partial charge in [0.1, 0.15) is 23.9 Å². The van der Waals surface area contributed by atoms with E-state index in [9.17, 15) is 14.0 Å². The van der Waals surface area contributed by atoms with Crippen LogP contribution in [-0.4, -0.2) is 47.5 Å². The van der Waals surface area contributed by atoms with Gasteiger partial charge in [-0.1, -0.05) is 49.4 Å². The van der Waals surface area contributed by atoms with Crippen LogP contribution in [0.2, 0.25) is 0 Å². The first-order valence-electron chi connectivity index (χ1n) is 12.8. The summed E-state index contributed by atoms with van der Waals surface area (Å²) in [6, 6.07) is 23.5. The first-order valence-corrected chi connectivity index (χ1v) is 13.8. The maximum absolute atomic E-state index is 13.9. The van der Waals surface area contributed by atoms with Crippen LogP contribution in [0, 0.1) is 5.82 Å². The topological polar surface area (TPSA) is 76.5 Å². The molecule has 0 saturated carbocycles. The van der Waals surface area contributed by atoms with Crippen molar-refractivity contribution in [3.63, 3.8) is 0 Å². The molecule has 0 radical (unpaired) electrons. The molecule has 0 spiro atoms. The van der Waals surface area contributed by atoms with Crippen LogP contribution in [0.1, 0.15) is 29.7 Å². The largest absolute Gasteiger partial charge is 0.497 e. The zero-order chi connectivity index (χ0) is 27.4. The van der Waals surface area contributed by atoms with Gasteiger partial charge in [-0.15, -0.1) is 11.8 Å². The number of nitrogens with one attached hydrogen (secondary N) is 1. The highest BCUT2D eigenvalue weighted by atomic mass is 32.2. The number of methoxy groups -OCH3 is 1. The van der Waals surface area contributed by atoms with Crippen molar-refractivity contribution in [3.05, 3.63) is 95.8 Å². The molecule has 1 aliphatic rings. The Morgan fingerprint density at radius 2 is 1.79 bits per heavy atom. The van der Waals surface area contributed by atoms with E-state index >= 15 is 0 Å². The molecular weight excluding hydrogens is 515 g/mol. The third-order valence-corrected chi connectivity index (χ3v) is 7.75. The minimum Gasteiger partial charge on any atom is -0.497 e. The fourth-order valence-electron chi connectivity index (χ4n) is 4.60. The second-order valence-corrected chi connectivity index (χ2v) is 10.2. The zero-order valence-corrected chi connectivity index (χ0v) is 22.6. The predicted octanol–water partition coefficient (Wildman–Crippen LogP) is 5.38. The molecule has 1 atom stereocenters. The van der Waals surface area contributed by atoms with Crippen LogP contribution < -0.4 is 15.0 Å². The third kappa shape index (κ3) is 5.54. The molecule has 200 valence electrons. The minimum atomic E-state index is -0.333. The number of ether oxygens (including phenoxy) is 1. The smallest absolute Gasteiger partial charge is 0.240 e. The number of aromatic nitrogens is 2. The maximum Gasteiger partial charge on any atom is 0.240 e. The van der Waals surface area contributed by atoms with Crippen LogP contribution >= 0.6 is 11.8 Å². The first kappa shape index (κ1) is 26.5. The lowest BCUT2D eigenvalue weighted by Gasteiger charge is -2.23. The molecule has 0 saturated heterocycles. The van der Waals surface area contributed by atoms with Crippen LogP contribution in [0.25, 0.3) is 16.9 Å². The van der Waals surface area contributed by atoms with E-state index in [4.69, 9.17) is 9.84 Å². The van der Waals surface area contributed by atoms with Crippen molar-refractivity contribution < 1.29 is 18.7 Å². The Kier molecular flexibility index (Phi) is 7.97. The summed E-state index contributed by atoms with van der Waals surface area (Å²) in [5, 5.41) is 7.60. The molecular formula is C30H29FN4O3S. The lowest BCUT2D eigenvalue weighted by molar-refractivity contribution is -0.122. The van der Waals surface area contributed by atoms with Crippen molar-refractivity contribution in [2.45, 2.75) is 18.6 Å². The van der Waals surface area contributed by atoms with E-state index in [0.29, 0.717) is 29.5 Å². The number of benzene rings is 3. The lowest BCUT2D eigenvalue weighted by Crippen LogP contribution is -2.42. The van der Waals surface area contributed by atoms with Crippen molar-refractivity contribution in [1.82, 2.24) is 15.1 Å². The Hall–Kier alpha value is -4.11. The Balaban J connectivity index is 1.77. The summed E-state index contributed by atoms with van der Waals surface area (Å²) in [6.45, 7) is 2.36. The Bertz CT molecular complexity index is 1460. The molecule has 3 aromatic carbocycles. The third-order valence-electron chi connectivity index (χ3n) is 6.50. The first-order chi connectivity index (χ1) is 19.0. The Labute approximate surface area is 231 Å². The normalized spacial score (nSPS) is 15.0. The molecule has 7 nitrogen and oxygen atoms in total. The summed E-state index contributed by atoms with van der Waals surface area (Å²) < 4.78 is 21.0. The predicted molar refractivity (Wildman–Crippen MR) is 152 cm³/mol. The number of fused-ring (bicyclic) bond motifs is 1. The van der Waals surface area contributed by atoms with E-state index in [2.05, 4.69) is 5.32 Å². The van der Waals surface area contributed by atoms with Gasteiger partial charge in [-0.25, -0.2) is 9.07 Å². The number of nitrogens with zero attached hydrogens (tertiary/aromatic N) is 3. The van der Waals surface area contributed by atoms with Gasteiger partial charge in [-0.05, 0) is 48.4 Å². The SMILES string of the molecule is CCCNC(=O)CN1C(=O)CS[C@@H](c2ccc(F)cc2)c2c(-c3ccccc3)nn(-c3ccc(OC)cc3)c21. The van der Waals surface area contributed by atoms with Gasteiger partial charge >= 0.3 is 0 Å². The number of amides is 2. The van der Waals surface area contributed by atoms with E-state index < -0.39 is 0 Å². The van der Waals surface area contributed by atoms with Gasteiger partial charge in [0, 0.05) is 17.7 Å². The maximum atomic E-state index is 13.9. The van der Waals surface area contributed by atoms with E-state index in [-0.39, 0.29) is 35.2 Å². The van der Waals surface area contributed by atoms with Crippen molar-refractivity contribution in [2.24, 2.45) is 0 Å². The highest BCUT2D eigenvalue weighted by Gasteiger charge is 2.37. The number of thioether (sulfide) groups is 1. The van der Waals surface area contributed by atoms with Crippen LogP contribution in [0.4, 0.5) is 10.2 Å². The molecule has 39 heavy (non-hydrogen) atoms. The summed E-state index contributed by atoms with van der Waals surface area (Å²) in [5.74, 6) is 0.577. The van der Waals surface area contributed by atoms with Crippen LogP contribution in [0.5, 0.6) is 5.75 Å². The highest BCUT2D eigenvalue weighted by molar-refractivity contribution is 8.00. The number of anilines is 1. The van der Waals surface area contributed by atoms with Crippen molar-refractivity contribution in [3.8, 4) is 22.7 Å². The molecule has 1 N–H and O–H groups in total. The number of carbonyl (C=O) groups is 2. The van der Waals surface area contributed by atoms with Crippen molar-refractivity contribution in [1.29, 1.82) is 0 Å². The highest BCUT2D eigenvalue weighted by Crippen LogP contribution is 2.48. The van der Waals surface area contributed by atoms with Gasteiger partial charge in [-0.2, -0.15) is 5.10 Å². The molecule has 2 heterocycles. The Morgan fingerprint density at radius 1 is 1.08 bits per heavy atom. The Morgan fingerprint density at radius 3 is 2.46 bits per heavy atom. The van der Waals surface area contributed by atoms with Gasteiger partial charge in [0.15, 0.2) is 0 Å². The fourth-order valence-corrected chi connectivity index (χ4v) is 5.79. The van der Waals surface area contributed by atoms with E-state index in [1.165, 1.54) is 28.8 Å². The van der Waals surface area contributed by atoms with Gasteiger partial charge in [0.05, 0.1) is 29.5 Å². The second kappa shape index (κ2) is 11.7. The molecule has 2 amide bonds. The number of halogens is 1. The van der Waals surface area contributed by atoms with E-state index in [1.54, 1.807) is 23.9 Å². The summed E-state index contributed by atoms with van der Waals surface area (Å²) in [4.78, 5) is 28.1. The minimum absolute atomic E-state index is 0.140. The van der Waals surface area contributed by atoms with E-state index in [1.807, 2.05) is 61.5 Å². The molecule has 0 bridgehead atoms. The molecule has 1 aromatic heterocycles. The lowest BCUT2D eigenvalue weighted by atomic mass is 9.99. The van der Waals surface area contributed by atoms with Crippen LogP contribution in [-0.2, 0) is 9.59 Å². The van der Waals surface area contributed by atoms with Gasteiger partial charge in [0.2, 0.25) is 11.8 Å². The monoisotopic (exact) mass is 544 g/mol. The summed E-state index contributed by atoms with van der Waals surface area (Å²) in [5.41, 5.74) is 3.92. The van der Waals surface area contributed by atoms with E-state index in [0.717, 1.165) is 23.1 Å².